The van der Waals surface area contributed by atoms with Crippen LogP contribution in [-0.2, 0) is 11.3 Å². The zero-order valence-electron chi connectivity index (χ0n) is 12.2. The Morgan fingerprint density at radius 3 is 2.79 bits per heavy atom. The highest BCUT2D eigenvalue weighted by Gasteiger charge is 2.17. The number of nitrogens with one attached hydrogen (secondary N) is 3. The number of aromatic amines is 1. The molecule has 1 heterocycles. The van der Waals surface area contributed by atoms with Gasteiger partial charge in [0.1, 0.15) is 5.60 Å². The number of aromatic nitrogens is 1. The van der Waals surface area contributed by atoms with Crippen LogP contribution in [0.2, 0.25) is 0 Å². The molecule has 1 amide bonds. The second-order valence-corrected chi connectivity index (χ2v) is 5.73. The monoisotopic (exact) mass is 267 g/mol. The third-order valence-electron chi connectivity index (χ3n) is 2.51. The lowest BCUT2D eigenvalue weighted by Crippen LogP contribution is -2.38. The quantitative estimate of drug-likeness (QED) is 0.693. The summed E-state index contributed by atoms with van der Waals surface area (Å²) in [6.45, 7) is 9.23. The third kappa shape index (κ3) is 7.51. The fourth-order valence-corrected chi connectivity index (χ4v) is 1.60. The van der Waals surface area contributed by atoms with E-state index in [4.69, 9.17) is 4.74 Å². The van der Waals surface area contributed by atoms with E-state index in [1.807, 2.05) is 46.2 Å². The summed E-state index contributed by atoms with van der Waals surface area (Å²) in [7, 11) is 0. The molecule has 0 radical (unpaired) electrons. The van der Waals surface area contributed by atoms with Crippen molar-refractivity contribution in [3.63, 3.8) is 0 Å². The van der Waals surface area contributed by atoms with E-state index >= 15 is 0 Å². The van der Waals surface area contributed by atoms with Gasteiger partial charge in [0.05, 0.1) is 0 Å². The molecule has 3 N–H and O–H groups in total. The van der Waals surface area contributed by atoms with Crippen molar-refractivity contribution in [3.8, 4) is 0 Å². The van der Waals surface area contributed by atoms with Crippen molar-refractivity contribution in [1.29, 1.82) is 0 Å². The average Bonchev–Trinajstić information content (AvgIpc) is 2.74. The molecule has 1 rings (SSSR count). The van der Waals surface area contributed by atoms with Gasteiger partial charge in [-0.15, -0.1) is 0 Å². The predicted molar refractivity (Wildman–Crippen MR) is 75.9 cm³/mol. The van der Waals surface area contributed by atoms with Crippen LogP contribution in [0.25, 0.3) is 0 Å². The molecule has 0 bridgehead atoms. The molecule has 1 atom stereocenters. The largest absolute Gasteiger partial charge is 0.444 e. The van der Waals surface area contributed by atoms with Gasteiger partial charge in [0, 0.05) is 25.0 Å². The van der Waals surface area contributed by atoms with Crippen LogP contribution < -0.4 is 10.6 Å². The summed E-state index contributed by atoms with van der Waals surface area (Å²) in [6, 6.07) is 2.13. The predicted octanol–water partition coefficient (Wildman–Crippen LogP) is 2.41. The SMILES string of the molecule is CC(CCNCc1cc[nH]c1)NC(=O)OC(C)(C)C. The van der Waals surface area contributed by atoms with Crippen LogP contribution in [-0.4, -0.2) is 29.3 Å². The van der Waals surface area contributed by atoms with E-state index in [0.717, 1.165) is 19.5 Å². The molecule has 0 aliphatic heterocycles. The lowest BCUT2D eigenvalue weighted by molar-refractivity contribution is 0.0506. The minimum Gasteiger partial charge on any atom is -0.444 e. The van der Waals surface area contributed by atoms with Gasteiger partial charge in [-0.05, 0) is 52.3 Å². The number of carbonyl (C=O) groups excluding carboxylic acids is 1. The van der Waals surface area contributed by atoms with E-state index in [2.05, 4.69) is 15.6 Å². The molecule has 0 saturated carbocycles. The van der Waals surface area contributed by atoms with Gasteiger partial charge in [0.15, 0.2) is 0 Å². The average molecular weight is 267 g/mol. The number of amides is 1. The molecule has 19 heavy (non-hydrogen) atoms. The highest BCUT2D eigenvalue weighted by Crippen LogP contribution is 2.07. The maximum atomic E-state index is 11.5. The smallest absolute Gasteiger partial charge is 0.407 e. The molecule has 5 heteroatoms. The Bertz CT molecular complexity index is 369. The Labute approximate surface area is 115 Å². The summed E-state index contributed by atoms with van der Waals surface area (Å²) < 4.78 is 5.20. The van der Waals surface area contributed by atoms with Crippen LogP contribution in [0.15, 0.2) is 18.5 Å². The summed E-state index contributed by atoms with van der Waals surface area (Å²) in [4.78, 5) is 14.5. The molecule has 5 nitrogen and oxygen atoms in total. The Kier molecular flexibility index (Phi) is 5.89. The maximum absolute atomic E-state index is 11.5. The summed E-state index contributed by atoms with van der Waals surface area (Å²) in [5.41, 5.74) is 0.781. The van der Waals surface area contributed by atoms with Crippen LogP contribution in [0, 0.1) is 0 Å². The fraction of sp³-hybridized carbons (Fsp3) is 0.643. The number of rotatable bonds is 6. The van der Waals surface area contributed by atoms with Crippen LogP contribution in [0.3, 0.4) is 0 Å². The summed E-state index contributed by atoms with van der Waals surface area (Å²) in [5, 5.41) is 6.15. The number of H-pyrrole nitrogens is 1. The summed E-state index contributed by atoms with van der Waals surface area (Å²) in [5.74, 6) is 0. The molecular weight excluding hydrogens is 242 g/mol. The van der Waals surface area contributed by atoms with Crippen LogP contribution in [0.1, 0.15) is 39.7 Å². The van der Waals surface area contributed by atoms with E-state index in [0.29, 0.717) is 0 Å². The molecule has 0 saturated heterocycles. The van der Waals surface area contributed by atoms with E-state index in [1.165, 1.54) is 5.56 Å². The highest BCUT2D eigenvalue weighted by atomic mass is 16.6. The summed E-state index contributed by atoms with van der Waals surface area (Å²) in [6.07, 6.45) is 4.38. The summed E-state index contributed by atoms with van der Waals surface area (Å²) >= 11 is 0. The molecular formula is C14H25N3O2. The number of ether oxygens (including phenoxy) is 1. The van der Waals surface area contributed by atoms with E-state index < -0.39 is 5.60 Å². The van der Waals surface area contributed by atoms with Gasteiger partial charge < -0.3 is 20.4 Å². The van der Waals surface area contributed by atoms with Gasteiger partial charge in [-0.1, -0.05) is 0 Å². The number of alkyl carbamates (subject to hydrolysis) is 1. The van der Waals surface area contributed by atoms with Crippen LogP contribution in [0.5, 0.6) is 0 Å². The zero-order chi connectivity index (χ0) is 14.3. The Balaban J connectivity index is 2.10. The van der Waals surface area contributed by atoms with Crippen LogP contribution >= 0.6 is 0 Å². The molecule has 108 valence electrons. The lowest BCUT2D eigenvalue weighted by atomic mass is 10.2. The Morgan fingerprint density at radius 2 is 2.21 bits per heavy atom. The normalized spacial score (nSPS) is 13.1. The first-order valence-corrected chi connectivity index (χ1v) is 6.69. The fourth-order valence-electron chi connectivity index (χ4n) is 1.60. The van der Waals surface area contributed by atoms with Crippen LogP contribution in [0.4, 0.5) is 4.79 Å². The van der Waals surface area contributed by atoms with Crippen molar-refractivity contribution >= 4 is 6.09 Å². The first-order chi connectivity index (χ1) is 8.87. The molecule has 0 fully saturated rings. The van der Waals surface area contributed by atoms with Gasteiger partial charge in [-0.3, -0.25) is 0 Å². The van der Waals surface area contributed by atoms with E-state index in [-0.39, 0.29) is 12.1 Å². The van der Waals surface area contributed by atoms with E-state index in [1.54, 1.807) is 0 Å². The number of carbonyl (C=O) groups is 1. The van der Waals surface area contributed by atoms with Gasteiger partial charge in [0.2, 0.25) is 0 Å². The zero-order valence-corrected chi connectivity index (χ0v) is 12.2. The van der Waals surface area contributed by atoms with Gasteiger partial charge in [-0.25, -0.2) is 4.79 Å². The first-order valence-electron chi connectivity index (χ1n) is 6.69. The van der Waals surface area contributed by atoms with Gasteiger partial charge in [0.25, 0.3) is 0 Å². The van der Waals surface area contributed by atoms with Gasteiger partial charge in [-0.2, -0.15) is 0 Å². The second kappa shape index (κ2) is 7.19. The maximum Gasteiger partial charge on any atom is 0.407 e. The van der Waals surface area contributed by atoms with Crippen molar-refractivity contribution < 1.29 is 9.53 Å². The van der Waals surface area contributed by atoms with Crippen molar-refractivity contribution in [2.45, 2.75) is 52.3 Å². The van der Waals surface area contributed by atoms with Crippen molar-refractivity contribution in [2.24, 2.45) is 0 Å². The minimum atomic E-state index is -0.448. The molecule has 1 unspecified atom stereocenters. The first kappa shape index (κ1) is 15.6. The number of hydrogen-bond acceptors (Lipinski definition) is 3. The molecule has 0 spiro atoms. The van der Waals surface area contributed by atoms with Crippen molar-refractivity contribution in [2.75, 3.05) is 6.54 Å². The molecule has 1 aromatic heterocycles. The van der Waals surface area contributed by atoms with Gasteiger partial charge >= 0.3 is 6.09 Å². The Morgan fingerprint density at radius 1 is 1.47 bits per heavy atom. The molecule has 0 aliphatic rings. The topological polar surface area (TPSA) is 66.2 Å². The Hall–Kier alpha value is -1.49. The number of hydrogen-bond donors (Lipinski definition) is 3. The van der Waals surface area contributed by atoms with E-state index in [9.17, 15) is 4.79 Å². The highest BCUT2D eigenvalue weighted by molar-refractivity contribution is 5.67. The standard InChI is InChI=1S/C14H25N3O2/c1-11(17-13(18)19-14(2,3)4)5-7-15-9-12-6-8-16-10-12/h6,8,10-11,15-16H,5,7,9H2,1-4H3,(H,17,18). The second-order valence-electron chi connectivity index (χ2n) is 5.73. The molecule has 0 aromatic carbocycles. The van der Waals surface area contributed by atoms with Crippen molar-refractivity contribution in [3.05, 3.63) is 24.0 Å². The minimum absolute atomic E-state index is 0.0913. The molecule has 1 aromatic rings. The third-order valence-corrected chi connectivity index (χ3v) is 2.51. The van der Waals surface area contributed by atoms with Crippen molar-refractivity contribution in [1.82, 2.24) is 15.6 Å². The lowest BCUT2D eigenvalue weighted by Gasteiger charge is -2.22. The molecule has 0 aliphatic carbocycles.